The van der Waals surface area contributed by atoms with Crippen molar-refractivity contribution >= 4 is 15.9 Å². The lowest BCUT2D eigenvalue weighted by Gasteiger charge is -1.94. The van der Waals surface area contributed by atoms with E-state index in [0.29, 0.717) is 0 Å². The Bertz CT molecular complexity index is 88.4. The van der Waals surface area contributed by atoms with E-state index in [1.807, 2.05) is 0 Å². The van der Waals surface area contributed by atoms with E-state index in [0.717, 1.165) is 5.57 Å². The van der Waals surface area contributed by atoms with Crippen LogP contribution in [0.3, 0.4) is 0 Å². The van der Waals surface area contributed by atoms with E-state index in [4.69, 9.17) is 10.2 Å². The molecule has 2 nitrogen and oxygen atoms in total. The van der Waals surface area contributed by atoms with Crippen LogP contribution < -0.4 is 0 Å². The normalized spacial score (nSPS) is 16.2. The van der Waals surface area contributed by atoms with E-state index in [2.05, 4.69) is 15.9 Å². The number of halogens is 1. The second kappa shape index (κ2) is 4.06. The van der Waals surface area contributed by atoms with Crippen LogP contribution in [0.25, 0.3) is 0 Å². The average Bonchev–Trinajstić information content (AvgIpc) is 1.65. The summed E-state index contributed by atoms with van der Waals surface area (Å²) >= 11 is 2.88. The summed E-state index contributed by atoms with van der Waals surface area (Å²) in [6.07, 6.45) is 1.53. The van der Waals surface area contributed by atoms with Crippen molar-refractivity contribution in [2.45, 2.75) is 11.9 Å². The van der Waals surface area contributed by atoms with Gasteiger partial charge in [0.05, 0.1) is 6.61 Å². The maximum absolute atomic E-state index is 8.58. The fraction of sp³-hybridized carbons (Fsp3) is 0.600. The van der Waals surface area contributed by atoms with E-state index in [1.165, 1.54) is 6.08 Å². The molecular formula is C5H9BrO2. The van der Waals surface area contributed by atoms with Crippen LogP contribution in [0.1, 0.15) is 6.92 Å². The van der Waals surface area contributed by atoms with Crippen LogP contribution in [0.5, 0.6) is 0 Å². The Kier molecular flexibility index (Phi) is 4.13. The molecule has 0 aromatic heterocycles. The van der Waals surface area contributed by atoms with Crippen molar-refractivity contribution in [1.29, 1.82) is 0 Å². The molecule has 0 spiro atoms. The summed E-state index contributed by atoms with van der Waals surface area (Å²) in [5.41, 5.74) is 0.759. The number of rotatable bonds is 2. The smallest absolute Gasteiger partial charge is 0.127 e. The first-order valence-electron chi connectivity index (χ1n) is 2.27. The molecule has 3 heteroatoms. The first-order valence-corrected chi connectivity index (χ1v) is 3.18. The minimum atomic E-state index is -0.630. The zero-order chi connectivity index (χ0) is 6.57. The minimum absolute atomic E-state index is 0.00264. The van der Waals surface area contributed by atoms with Crippen molar-refractivity contribution in [3.8, 4) is 0 Å². The van der Waals surface area contributed by atoms with Crippen LogP contribution in [0, 0.1) is 0 Å². The van der Waals surface area contributed by atoms with E-state index in [-0.39, 0.29) is 6.61 Å². The van der Waals surface area contributed by atoms with Gasteiger partial charge in [-0.25, -0.2) is 0 Å². The zero-order valence-electron chi connectivity index (χ0n) is 4.63. The number of aliphatic hydroxyl groups is 2. The van der Waals surface area contributed by atoms with Gasteiger partial charge < -0.3 is 10.2 Å². The van der Waals surface area contributed by atoms with Crippen molar-refractivity contribution in [3.05, 3.63) is 11.6 Å². The van der Waals surface area contributed by atoms with Crippen LogP contribution in [0.4, 0.5) is 0 Å². The van der Waals surface area contributed by atoms with Crippen LogP contribution >= 0.6 is 15.9 Å². The Balaban J connectivity index is 3.56. The topological polar surface area (TPSA) is 40.5 Å². The van der Waals surface area contributed by atoms with Gasteiger partial charge in [-0.3, -0.25) is 0 Å². The number of aliphatic hydroxyl groups excluding tert-OH is 2. The van der Waals surface area contributed by atoms with Crippen LogP contribution in [-0.2, 0) is 0 Å². The van der Waals surface area contributed by atoms with E-state index >= 15 is 0 Å². The summed E-state index contributed by atoms with van der Waals surface area (Å²) in [7, 11) is 0. The third-order valence-corrected chi connectivity index (χ3v) is 0.936. The summed E-state index contributed by atoms with van der Waals surface area (Å²) in [5.74, 6) is 0. The van der Waals surface area contributed by atoms with Crippen LogP contribution in [-0.4, -0.2) is 21.8 Å². The Hall–Kier alpha value is 0.140. The van der Waals surface area contributed by atoms with E-state index < -0.39 is 5.01 Å². The molecule has 0 aliphatic heterocycles. The average molecular weight is 181 g/mol. The van der Waals surface area contributed by atoms with Gasteiger partial charge >= 0.3 is 0 Å². The van der Waals surface area contributed by atoms with Gasteiger partial charge in [0.2, 0.25) is 0 Å². The molecule has 0 saturated carbocycles. The highest BCUT2D eigenvalue weighted by Gasteiger charge is 1.90. The molecule has 0 radical (unpaired) electrons. The maximum Gasteiger partial charge on any atom is 0.127 e. The summed E-state index contributed by atoms with van der Waals surface area (Å²) in [6, 6.07) is 0. The lowest BCUT2D eigenvalue weighted by molar-refractivity contribution is 0.305. The summed E-state index contributed by atoms with van der Waals surface area (Å²) < 4.78 is 0. The number of alkyl halides is 1. The molecular weight excluding hydrogens is 172 g/mol. The predicted molar refractivity (Wildman–Crippen MR) is 35.8 cm³/mol. The van der Waals surface area contributed by atoms with Gasteiger partial charge in [0.1, 0.15) is 5.01 Å². The molecule has 0 heterocycles. The van der Waals surface area contributed by atoms with Crippen molar-refractivity contribution in [3.63, 3.8) is 0 Å². The number of hydrogen-bond acceptors (Lipinski definition) is 2. The van der Waals surface area contributed by atoms with Gasteiger partial charge in [0.25, 0.3) is 0 Å². The molecule has 1 unspecified atom stereocenters. The molecule has 0 amide bonds. The molecule has 0 aliphatic carbocycles. The Morgan fingerprint density at radius 3 is 2.50 bits per heavy atom. The lowest BCUT2D eigenvalue weighted by Crippen LogP contribution is -1.92. The zero-order valence-corrected chi connectivity index (χ0v) is 6.22. The molecule has 2 N–H and O–H groups in total. The minimum Gasteiger partial charge on any atom is -0.392 e. The lowest BCUT2D eigenvalue weighted by atomic mass is 10.3. The molecule has 0 rings (SSSR count). The van der Waals surface area contributed by atoms with Gasteiger partial charge in [-0.15, -0.1) is 0 Å². The standard InChI is InChI=1S/C5H9BrO2/c1-4(3-7)2-5(6)8/h2,5,7-8H,3H2,1H3. The van der Waals surface area contributed by atoms with Gasteiger partial charge in [0.15, 0.2) is 0 Å². The summed E-state index contributed by atoms with van der Waals surface area (Å²) in [6.45, 7) is 1.74. The van der Waals surface area contributed by atoms with Gasteiger partial charge in [-0.2, -0.15) is 0 Å². The van der Waals surface area contributed by atoms with E-state index in [1.54, 1.807) is 6.92 Å². The van der Waals surface area contributed by atoms with Crippen molar-refractivity contribution < 1.29 is 10.2 Å². The second-order valence-electron chi connectivity index (χ2n) is 1.54. The van der Waals surface area contributed by atoms with Crippen molar-refractivity contribution in [2.24, 2.45) is 0 Å². The maximum atomic E-state index is 8.58. The fourth-order valence-electron chi connectivity index (χ4n) is 0.287. The molecule has 1 atom stereocenters. The third kappa shape index (κ3) is 4.30. The molecule has 8 heavy (non-hydrogen) atoms. The van der Waals surface area contributed by atoms with Crippen molar-refractivity contribution in [2.75, 3.05) is 6.61 Å². The number of hydrogen-bond donors (Lipinski definition) is 2. The highest BCUT2D eigenvalue weighted by molar-refractivity contribution is 9.09. The Morgan fingerprint density at radius 1 is 1.88 bits per heavy atom. The summed E-state index contributed by atoms with van der Waals surface area (Å²) in [4.78, 5) is 0. The van der Waals surface area contributed by atoms with Crippen LogP contribution in [0.15, 0.2) is 11.6 Å². The fourth-order valence-corrected chi connectivity index (χ4v) is 0.739. The van der Waals surface area contributed by atoms with E-state index in [9.17, 15) is 0 Å². The molecule has 0 aromatic rings. The van der Waals surface area contributed by atoms with Crippen LogP contribution in [0.2, 0.25) is 0 Å². The molecule has 48 valence electrons. The summed E-state index contributed by atoms with van der Waals surface area (Å²) in [5, 5.41) is 16.3. The monoisotopic (exact) mass is 180 g/mol. The van der Waals surface area contributed by atoms with Gasteiger partial charge in [0, 0.05) is 0 Å². The SMILES string of the molecule is CC(=CC(O)Br)CO. The van der Waals surface area contributed by atoms with Gasteiger partial charge in [-0.1, -0.05) is 15.9 Å². The van der Waals surface area contributed by atoms with Gasteiger partial charge in [-0.05, 0) is 18.6 Å². The van der Waals surface area contributed by atoms with Crippen molar-refractivity contribution in [1.82, 2.24) is 0 Å². The third-order valence-electron chi connectivity index (χ3n) is 0.671. The first kappa shape index (κ1) is 8.14. The Morgan fingerprint density at radius 2 is 2.38 bits per heavy atom. The highest BCUT2D eigenvalue weighted by Crippen LogP contribution is 1.99. The predicted octanol–water partition coefficient (Wildman–Crippen LogP) is 0.638. The quantitative estimate of drug-likeness (QED) is 0.484. The Labute approximate surface area is 57.0 Å². The molecule has 0 aliphatic rings. The second-order valence-corrected chi connectivity index (χ2v) is 2.48. The first-order chi connectivity index (χ1) is 3.66. The largest absolute Gasteiger partial charge is 0.392 e. The molecule has 0 fully saturated rings. The highest BCUT2D eigenvalue weighted by atomic mass is 79.9. The molecule has 0 aromatic carbocycles. The molecule has 0 bridgehead atoms. The molecule has 0 saturated heterocycles.